The number of unbranched alkanes of at least 4 members (excludes halogenated alkanes) is 1. The number of piperidine rings is 1. The van der Waals surface area contributed by atoms with E-state index in [1.54, 1.807) is 4.90 Å². The Morgan fingerprint density at radius 3 is 2.83 bits per heavy atom. The summed E-state index contributed by atoms with van der Waals surface area (Å²) in [5.41, 5.74) is 5.21. The highest BCUT2D eigenvalue weighted by molar-refractivity contribution is 5.83. The van der Waals surface area contributed by atoms with E-state index in [0.29, 0.717) is 6.54 Å². The van der Waals surface area contributed by atoms with Crippen LogP contribution in [0.2, 0.25) is 0 Å². The molecule has 0 aromatic rings. The molecule has 1 aliphatic heterocycles. The van der Waals surface area contributed by atoms with Crippen LogP contribution in [0.4, 0.5) is 4.79 Å². The molecule has 1 saturated heterocycles. The molecule has 1 fully saturated rings. The molecule has 1 aliphatic rings. The quantitative estimate of drug-likeness (QED) is 0.586. The van der Waals surface area contributed by atoms with E-state index in [1.165, 1.54) is 0 Å². The Labute approximate surface area is 108 Å². The molecule has 4 N–H and O–H groups in total. The first kappa shape index (κ1) is 14.8. The summed E-state index contributed by atoms with van der Waals surface area (Å²) in [5.74, 6) is -0.466. The monoisotopic (exact) mass is 256 g/mol. The van der Waals surface area contributed by atoms with Crippen LogP contribution in [0, 0.1) is 0 Å². The van der Waals surface area contributed by atoms with Crippen molar-refractivity contribution in [2.24, 2.45) is 5.73 Å². The van der Waals surface area contributed by atoms with Crippen LogP contribution in [0.15, 0.2) is 0 Å². The second-order valence-electron chi connectivity index (χ2n) is 4.68. The second-order valence-corrected chi connectivity index (χ2v) is 4.68. The van der Waals surface area contributed by atoms with Crippen molar-refractivity contribution in [3.8, 4) is 0 Å². The average Bonchev–Trinajstić information content (AvgIpc) is 2.37. The Balaban J connectivity index is 2.52. The van der Waals surface area contributed by atoms with Gasteiger partial charge < -0.3 is 21.3 Å². The normalized spacial score (nSPS) is 19.3. The Morgan fingerprint density at radius 1 is 1.50 bits per heavy atom. The van der Waals surface area contributed by atoms with E-state index in [4.69, 9.17) is 5.73 Å². The highest BCUT2D eigenvalue weighted by Crippen LogP contribution is 2.10. The first-order valence-corrected chi connectivity index (χ1v) is 6.68. The fourth-order valence-electron chi connectivity index (χ4n) is 2.11. The van der Waals surface area contributed by atoms with Gasteiger partial charge in [0.2, 0.25) is 5.91 Å². The lowest BCUT2D eigenvalue weighted by molar-refractivity contribution is -0.119. The summed E-state index contributed by atoms with van der Waals surface area (Å²) in [6, 6.07) is -0.121. The van der Waals surface area contributed by atoms with Crippen LogP contribution in [0.1, 0.15) is 32.6 Å². The fourth-order valence-corrected chi connectivity index (χ4v) is 2.11. The van der Waals surface area contributed by atoms with Gasteiger partial charge in [-0.2, -0.15) is 0 Å². The molecule has 0 spiro atoms. The molecule has 104 valence electrons. The zero-order valence-electron chi connectivity index (χ0n) is 11.1. The highest BCUT2D eigenvalue weighted by atomic mass is 16.2. The number of rotatable bonds is 6. The molecule has 1 unspecified atom stereocenters. The summed E-state index contributed by atoms with van der Waals surface area (Å²) in [4.78, 5) is 24.7. The molecule has 0 radical (unpaired) electrons. The van der Waals surface area contributed by atoms with Gasteiger partial charge in [0.05, 0.1) is 0 Å². The lowest BCUT2D eigenvalue weighted by Gasteiger charge is -2.33. The van der Waals surface area contributed by atoms with Gasteiger partial charge in [0.25, 0.3) is 0 Å². The van der Waals surface area contributed by atoms with E-state index in [9.17, 15) is 9.59 Å². The van der Waals surface area contributed by atoms with Gasteiger partial charge in [0.15, 0.2) is 0 Å². The van der Waals surface area contributed by atoms with E-state index in [2.05, 4.69) is 17.6 Å². The van der Waals surface area contributed by atoms with Crippen molar-refractivity contribution < 1.29 is 9.59 Å². The minimum absolute atomic E-state index is 0.00962. The Hall–Kier alpha value is -1.30. The van der Waals surface area contributed by atoms with Crippen molar-refractivity contribution in [2.75, 3.05) is 26.2 Å². The maximum atomic E-state index is 12.0. The Morgan fingerprint density at radius 2 is 2.28 bits per heavy atom. The molecule has 0 aliphatic carbocycles. The van der Waals surface area contributed by atoms with Crippen molar-refractivity contribution >= 4 is 11.9 Å². The Bertz CT molecular complexity index is 277. The number of nitrogens with zero attached hydrogens (tertiary/aromatic N) is 1. The molecule has 1 heterocycles. The van der Waals surface area contributed by atoms with Gasteiger partial charge in [-0.1, -0.05) is 13.3 Å². The number of urea groups is 1. The molecular weight excluding hydrogens is 232 g/mol. The number of amides is 3. The molecule has 0 aromatic carbocycles. The summed E-state index contributed by atoms with van der Waals surface area (Å²) >= 11 is 0. The average molecular weight is 256 g/mol. The summed E-state index contributed by atoms with van der Waals surface area (Å²) in [5, 5.41) is 6.07. The van der Waals surface area contributed by atoms with E-state index in [-0.39, 0.29) is 18.6 Å². The van der Waals surface area contributed by atoms with E-state index >= 15 is 0 Å². The number of hydrogen-bond donors (Lipinski definition) is 3. The molecule has 0 aromatic heterocycles. The number of carbonyl (C=O) groups excluding carboxylic acids is 2. The van der Waals surface area contributed by atoms with E-state index < -0.39 is 5.91 Å². The van der Waals surface area contributed by atoms with E-state index in [0.717, 1.165) is 38.8 Å². The topological polar surface area (TPSA) is 87.5 Å². The third-order valence-electron chi connectivity index (χ3n) is 3.11. The van der Waals surface area contributed by atoms with Gasteiger partial charge in [0, 0.05) is 19.1 Å². The zero-order valence-corrected chi connectivity index (χ0v) is 11.1. The maximum Gasteiger partial charge on any atom is 0.318 e. The van der Waals surface area contributed by atoms with Gasteiger partial charge in [-0.15, -0.1) is 0 Å². The van der Waals surface area contributed by atoms with Gasteiger partial charge in [-0.05, 0) is 25.8 Å². The van der Waals surface area contributed by atoms with Crippen molar-refractivity contribution in [2.45, 2.75) is 38.6 Å². The predicted molar refractivity (Wildman–Crippen MR) is 70.1 cm³/mol. The van der Waals surface area contributed by atoms with Crippen molar-refractivity contribution in [1.82, 2.24) is 15.5 Å². The third kappa shape index (κ3) is 4.91. The minimum Gasteiger partial charge on any atom is -0.368 e. The summed E-state index contributed by atoms with van der Waals surface area (Å²) in [6.07, 6.45) is 3.91. The minimum atomic E-state index is -0.466. The van der Waals surface area contributed by atoms with Crippen molar-refractivity contribution in [3.63, 3.8) is 0 Å². The van der Waals surface area contributed by atoms with Crippen LogP contribution in [0.25, 0.3) is 0 Å². The lowest BCUT2D eigenvalue weighted by atomic mass is 10.1. The molecule has 6 nitrogen and oxygen atoms in total. The van der Waals surface area contributed by atoms with Crippen molar-refractivity contribution in [1.29, 1.82) is 0 Å². The molecule has 3 amide bonds. The number of hydrogen-bond acceptors (Lipinski definition) is 3. The molecule has 6 heteroatoms. The van der Waals surface area contributed by atoms with Crippen LogP contribution < -0.4 is 16.4 Å². The molecule has 18 heavy (non-hydrogen) atoms. The van der Waals surface area contributed by atoms with Gasteiger partial charge in [0.1, 0.15) is 6.54 Å². The largest absolute Gasteiger partial charge is 0.368 e. The fraction of sp³-hybridized carbons (Fsp3) is 0.833. The first-order chi connectivity index (χ1) is 8.65. The third-order valence-corrected chi connectivity index (χ3v) is 3.11. The molecule has 1 atom stereocenters. The molecule has 0 saturated carbocycles. The van der Waals surface area contributed by atoms with Crippen LogP contribution in [0.3, 0.4) is 0 Å². The van der Waals surface area contributed by atoms with Crippen LogP contribution in [-0.2, 0) is 4.79 Å². The summed E-state index contributed by atoms with van der Waals surface area (Å²) in [7, 11) is 0. The van der Waals surface area contributed by atoms with Crippen LogP contribution in [0.5, 0.6) is 0 Å². The summed E-state index contributed by atoms with van der Waals surface area (Å²) < 4.78 is 0. The number of nitrogens with one attached hydrogen (secondary N) is 2. The molecule has 1 rings (SSSR count). The number of nitrogens with two attached hydrogens (primary N) is 1. The van der Waals surface area contributed by atoms with Crippen LogP contribution in [-0.4, -0.2) is 49.1 Å². The van der Waals surface area contributed by atoms with Gasteiger partial charge in [-0.25, -0.2) is 4.79 Å². The zero-order chi connectivity index (χ0) is 13.4. The molecular formula is C12H24N4O2. The summed E-state index contributed by atoms with van der Waals surface area (Å²) in [6.45, 7) is 4.40. The Kier molecular flexibility index (Phi) is 6.49. The second kappa shape index (κ2) is 7.92. The smallest absolute Gasteiger partial charge is 0.318 e. The SMILES string of the molecule is CCCCNC(=O)N(CC(N)=O)C1CCCNC1. The van der Waals surface area contributed by atoms with Crippen LogP contribution >= 0.6 is 0 Å². The predicted octanol–water partition coefficient (Wildman–Crippen LogP) is 0.0354. The van der Waals surface area contributed by atoms with Gasteiger partial charge in [-0.3, -0.25) is 4.79 Å². The molecule has 0 bridgehead atoms. The standard InChI is InChI=1S/C12H24N4O2/c1-2-3-7-15-12(18)16(9-11(13)17)10-5-4-6-14-8-10/h10,14H,2-9H2,1H3,(H2,13,17)(H,15,18). The van der Waals surface area contributed by atoms with Crippen molar-refractivity contribution in [3.05, 3.63) is 0 Å². The first-order valence-electron chi connectivity index (χ1n) is 6.68. The number of primary amides is 1. The van der Waals surface area contributed by atoms with Gasteiger partial charge >= 0.3 is 6.03 Å². The lowest BCUT2D eigenvalue weighted by Crippen LogP contribution is -2.54. The number of carbonyl (C=O) groups is 2. The maximum absolute atomic E-state index is 12.0. The van der Waals surface area contributed by atoms with E-state index in [1.807, 2.05) is 0 Å². The highest BCUT2D eigenvalue weighted by Gasteiger charge is 2.26.